The van der Waals surface area contributed by atoms with Crippen LogP contribution in [0.1, 0.15) is 6.42 Å². The van der Waals surface area contributed by atoms with Crippen LogP contribution in [0.5, 0.6) is 0 Å². The highest BCUT2D eigenvalue weighted by molar-refractivity contribution is 4.83. The minimum absolute atomic E-state index is 0.278. The summed E-state index contributed by atoms with van der Waals surface area (Å²) >= 11 is 0. The van der Waals surface area contributed by atoms with E-state index in [2.05, 4.69) is 0 Å². The molecule has 1 rings (SSSR count). The molecule has 0 amide bonds. The van der Waals surface area contributed by atoms with Crippen molar-refractivity contribution in [2.75, 3.05) is 6.54 Å². The van der Waals surface area contributed by atoms with E-state index in [0.717, 1.165) is 0 Å². The summed E-state index contributed by atoms with van der Waals surface area (Å²) in [6.45, 7) is 0.292. The molecule has 1 heterocycles. The molecule has 0 aromatic carbocycles. The van der Waals surface area contributed by atoms with Crippen LogP contribution in [0.15, 0.2) is 0 Å². The van der Waals surface area contributed by atoms with E-state index in [1.807, 2.05) is 0 Å². The first-order valence-corrected chi connectivity index (χ1v) is 3.62. The Morgan fingerprint density at radius 1 is 1.45 bits per heavy atom. The van der Waals surface area contributed by atoms with Gasteiger partial charge in [0.2, 0.25) is 0 Å². The standard InChI is InChI=1S/C6H14N2O3/c7-2-3-1-4(9)5(8)6(10)11-3/h3-6,9-10H,1-2,7-8H2/t3-,4+,5+,6-/m0/s1. The van der Waals surface area contributed by atoms with Crippen LogP contribution in [0, 0.1) is 0 Å². The highest BCUT2D eigenvalue weighted by Crippen LogP contribution is 2.16. The number of hydrogen-bond acceptors (Lipinski definition) is 5. The Hall–Kier alpha value is -0.200. The number of hydrogen-bond donors (Lipinski definition) is 4. The molecule has 1 aliphatic rings. The number of nitrogens with two attached hydrogens (primary N) is 2. The number of rotatable bonds is 1. The summed E-state index contributed by atoms with van der Waals surface area (Å²) < 4.78 is 4.96. The zero-order chi connectivity index (χ0) is 8.43. The third kappa shape index (κ3) is 1.88. The molecule has 0 spiro atoms. The number of ether oxygens (including phenoxy) is 1. The van der Waals surface area contributed by atoms with E-state index < -0.39 is 18.4 Å². The number of aliphatic hydroxyl groups excluding tert-OH is 2. The Kier molecular flexibility index (Phi) is 2.80. The lowest BCUT2D eigenvalue weighted by atomic mass is 10.0. The predicted octanol–water partition coefficient (Wildman–Crippen LogP) is -2.26. The molecule has 4 atom stereocenters. The predicted molar refractivity (Wildman–Crippen MR) is 38.5 cm³/mol. The minimum atomic E-state index is -1.09. The summed E-state index contributed by atoms with van der Waals surface area (Å²) in [6.07, 6.45) is -1.69. The third-order valence-electron chi connectivity index (χ3n) is 1.87. The lowest BCUT2D eigenvalue weighted by Gasteiger charge is -2.34. The second-order valence-electron chi connectivity index (χ2n) is 2.76. The summed E-state index contributed by atoms with van der Waals surface area (Å²) in [5, 5.41) is 18.3. The third-order valence-corrected chi connectivity index (χ3v) is 1.87. The molecular formula is C6H14N2O3. The fourth-order valence-corrected chi connectivity index (χ4v) is 1.11. The van der Waals surface area contributed by atoms with Gasteiger partial charge >= 0.3 is 0 Å². The molecule has 0 aromatic heterocycles. The first kappa shape index (κ1) is 8.89. The molecule has 6 N–H and O–H groups in total. The van der Waals surface area contributed by atoms with E-state index in [0.29, 0.717) is 13.0 Å². The Morgan fingerprint density at radius 2 is 2.09 bits per heavy atom. The summed E-state index contributed by atoms with van der Waals surface area (Å²) in [5.41, 5.74) is 10.7. The quantitative estimate of drug-likeness (QED) is 0.348. The van der Waals surface area contributed by atoms with Crippen molar-refractivity contribution in [3.05, 3.63) is 0 Å². The van der Waals surface area contributed by atoms with E-state index in [9.17, 15) is 5.11 Å². The summed E-state index contributed by atoms with van der Waals surface area (Å²) in [7, 11) is 0. The van der Waals surface area contributed by atoms with Crippen LogP contribution in [-0.4, -0.2) is 41.3 Å². The SMILES string of the molecule is NC[C@@H]1C[C@@H](O)[C@@H](N)[C@@H](O)O1. The molecule has 1 saturated heterocycles. The van der Waals surface area contributed by atoms with E-state index in [1.54, 1.807) is 0 Å². The van der Waals surface area contributed by atoms with Gasteiger partial charge in [-0.1, -0.05) is 0 Å². The molecule has 11 heavy (non-hydrogen) atoms. The molecular weight excluding hydrogens is 148 g/mol. The van der Waals surface area contributed by atoms with Gasteiger partial charge in [0, 0.05) is 13.0 Å². The van der Waals surface area contributed by atoms with Crippen LogP contribution in [-0.2, 0) is 4.74 Å². The van der Waals surface area contributed by atoms with Crippen molar-refractivity contribution in [1.29, 1.82) is 0 Å². The molecule has 1 aliphatic heterocycles. The second kappa shape index (κ2) is 3.46. The average Bonchev–Trinajstić information content (AvgIpc) is 1.99. The average molecular weight is 162 g/mol. The molecule has 66 valence electrons. The maximum absolute atomic E-state index is 9.23. The van der Waals surface area contributed by atoms with Crippen LogP contribution in [0.25, 0.3) is 0 Å². The zero-order valence-electron chi connectivity index (χ0n) is 6.18. The summed E-state index contributed by atoms with van der Waals surface area (Å²) in [5.74, 6) is 0. The highest BCUT2D eigenvalue weighted by atomic mass is 16.6. The Balaban J connectivity index is 2.47. The van der Waals surface area contributed by atoms with Gasteiger partial charge in [-0.2, -0.15) is 0 Å². The van der Waals surface area contributed by atoms with E-state index in [4.69, 9.17) is 21.3 Å². The van der Waals surface area contributed by atoms with Crippen molar-refractivity contribution in [3.63, 3.8) is 0 Å². The van der Waals surface area contributed by atoms with Crippen molar-refractivity contribution >= 4 is 0 Å². The first-order valence-electron chi connectivity index (χ1n) is 3.62. The molecule has 0 bridgehead atoms. The second-order valence-corrected chi connectivity index (χ2v) is 2.76. The Bertz CT molecular complexity index is 121. The van der Waals surface area contributed by atoms with Gasteiger partial charge in [-0.15, -0.1) is 0 Å². The maximum atomic E-state index is 9.23. The largest absolute Gasteiger partial charge is 0.391 e. The van der Waals surface area contributed by atoms with Crippen LogP contribution < -0.4 is 11.5 Å². The van der Waals surface area contributed by atoms with Gasteiger partial charge in [0.1, 0.15) is 0 Å². The minimum Gasteiger partial charge on any atom is -0.391 e. The molecule has 0 saturated carbocycles. The fourth-order valence-electron chi connectivity index (χ4n) is 1.11. The van der Waals surface area contributed by atoms with Gasteiger partial charge in [0.05, 0.1) is 18.2 Å². The maximum Gasteiger partial charge on any atom is 0.172 e. The number of aliphatic hydroxyl groups is 2. The van der Waals surface area contributed by atoms with Gasteiger partial charge in [0.25, 0.3) is 0 Å². The molecule has 0 aromatic rings. The van der Waals surface area contributed by atoms with Crippen molar-refractivity contribution in [2.24, 2.45) is 11.5 Å². The lowest BCUT2D eigenvalue weighted by Crippen LogP contribution is -2.54. The highest BCUT2D eigenvalue weighted by Gasteiger charge is 2.33. The molecule has 0 aliphatic carbocycles. The fraction of sp³-hybridized carbons (Fsp3) is 1.00. The molecule has 5 nitrogen and oxygen atoms in total. The smallest absolute Gasteiger partial charge is 0.172 e. The molecule has 5 heteroatoms. The van der Waals surface area contributed by atoms with Gasteiger partial charge in [0.15, 0.2) is 6.29 Å². The van der Waals surface area contributed by atoms with Crippen LogP contribution in [0.2, 0.25) is 0 Å². The van der Waals surface area contributed by atoms with Gasteiger partial charge in [-0.05, 0) is 0 Å². The van der Waals surface area contributed by atoms with Crippen molar-refractivity contribution < 1.29 is 14.9 Å². The molecule has 0 radical (unpaired) electrons. The first-order chi connectivity index (χ1) is 5.15. The van der Waals surface area contributed by atoms with Gasteiger partial charge < -0.3 is 26.4 Å². The topological polar surface area (TPSA) is 102 Å². The zero-order valence-corrected chi connectivity index (χ0v) is 6.18. The normalized spacial score (nSPS) is 45.8. The van der Waals surface area contributed by atoms with Gasteiger partial charge in [-0.3, -0.25) is 0 Å². The molecule has 0 unspecified atom stereocenters. The van der Waals surface area contributed by atoms with Crippen LogP contribution >= 0.6 is 0 Å². The Labute approximate surface area is 64.9 Å². The van der Waals surface area contributed by atoms with Crippen molar-refractivity contribution in [2.45, 2.75) is 31.0 Å². The lowest BCUT2D eigenvalue weighted by molar-refractivity contribution is -0.197. The summed E-state index contributed by atoms with van der Waals surface area (Å²) in [6, 6.07) is -0.710. The van der Waals surface area contributed by atoms with Crippen LogP contribution in [0.4, 0.5) is 0 Å². The summed E-state index contributed by atoms with van der Waals surface area (Å²) in [4.78, 5) is 0. The van der Waals surface area contributed by atoms with Crippen LogP contribution in [0.3, 0.4) is 0 Å². The van der Waals surface area contributed by atoms with Crippen molar-refractivity contribution in [3.8, 4) is 0 Å². The van der Waals surface area contributed by atoms with Crippen molar-refractivity contribution in [1.82, 2.24) is 0 Å². The van der Waals surface area contributed by atoms with E-state index in [-0.39, 0.29) is 6.10 Å². The van der Waals surface area contributed by atoms with E-state index >= 15 is 0 Å². The molecule has 1 fully saturated rings. The Morgan fingerprint density at radius 3 is 2.55 bits per heavy atom. The van der Waals surface area contributed by atoms with E-state index in [1.165, 1.54) is 0 Å². The monoisotopic (exact) mass is 162 g/mol. The van der Waals surface area contributed by atoms with Gasteiger partial charge in [-0.25, -0.2) is 0 Å².